The van der Waals surface area contributed by atoms with E-state index in [1.165, 1.54) is 28.3 Å². The van der Waals surface area contributed by atoms with E-state index in [9.17, 15) is 18.0 Å². The summed E-state index contributed by atoms with van der Waals surface area (Å²) < 4.78 is 38.9. The highest BCUT2D eigenvalue weighted by Crippen LogP contribution is 2.28. The van der Waals surface area contributed by atoms with Gasteiger partial charge < -0.3 is 5.32 Å². The summed E-state index contributed by atoms with van der Waals surface area (Å²) in [6, 6.07) is 7.19. The molecule has 3 rings (SSSR count). The number of carbonyl (C=O) groups excluding carboxylic acids is 1. The molecule has 2 heterocycles. The van der Waals surface area contributed by atoms with Crippen molar-refractivity contribution in [3.63, 3.8) is 0 Å². The standard InChI is InChI=1S/C16H10Cl2F3N3OS/c17-10-1-2-12(11(18)6-10)22-15(25)13-5-9(8-26-13)7-24-4-3-14(23-24)16(19,20)21/h1-6,8H,7H2,(H,22,25). The Morgan fingerprint density at radius 3 is 2.65 bits per heavy atom. The van der Waals surface area contributed by atoms with Crippen molar-refractivity contribution < 1.29 is 18.0 Å². The summed E-state index contributed by atoms with van der Waals surface area (Å²) in [6.45, 7) is 0.127. The molecule has 1 aromatic carbocycles. The number of aromatic nitrogens is 2. The zero-order valence-corrected chi connectivity index (χ0v) is 15.2. The molecule has 0 bridgehead atoms. The average Bonchev–Trinajstić information content (AvgIpc) is 3.19. The lowest BCUT2D eigenvalue weighted by molar-refractivity contribution is -0.141. The number of nitrogens with one attached hydrogen (secondary N) is 1. The molecule has 0 saturated carbocycles. The molecular formula is C16H10Cl2F3N3OS. The summed E-state index contributed by atoms with van der Waals surface area (Å²) in [5.41, 5.74) is 0.125. The lowest BCUT2D eigenvalue weighted by atomic mass is 10.3. The summed E-state index contributed by atoms with van der Waals surface area (Å²) in [5, 5.41) is 8.59. The zero-order valence-electron chi connectivity index (χ0n) is 12.8. The highest BCUT2D eigenvalue weighted by Gasteiger charge is 2.33. The maximum atomic E-state index is 12.6. The minimum absolute atomic E-state index is 0.127. The van der Waals surface area contributed by atoms with Crippen LogP contribution in [-0.2, 0) is 12.7 Å². The van der Waals surface area contributed by atoms with Crippen LogP contribution in [0.4, 0.5) is 18.9 Å². The SMILES string of the molecule is O=C(Nc1ccc(Cl)cc1Cl)c1cc(Cn2ccc(C(F)(F)F)n2)cs1. The second-order valence-electron chi connectivity index (χ2n) is 5.29. The molecule has 0 fully saturated rings. The van der Waals surface area contributed by atoms with E-state index in [0.29, 0.717) is 26.2 Å². The van der Waals surface area contributed by atoms with E-state index in [-0.39, 0.29) is 12.5 Å². The van der Waals surface area contributed by atoms with Crippen molar-refractivity contribution in [1.29, 1.82) is 0 Å². The van der Waals surface area contributed by atoms with Crippen LogP contribution in [0.3, 0.4) is 0 Å². The van der Waals surface area contributed by atoms with Crippen LogP contribution in [0, 0.1) is 0 Å². The van der Waals surface area contributed by atoms with E-state index >= 15 is 0 Å². The van der Waals surface area contributed by atoms with Crippen LogP contribution in [0.5, 0.6) is 0 Å². The molecule has 136 valence electrons. The van der Waals surface area contributed by atoms with Crippen molar-refractivity contribution in [2.24, 2.45) is 0 Å². The fourth-order valence-corrected chi connectivity index (χ4v) is 3.39. The predicted molar refractivity (Wildman–Crippen MR) is 95.1 cm³/mol. The smallest absolute Gasteiger partial charge is 0.320 e. The molecule has 0 aliphatic carbocycles. The largest absolute Gasteiger partial charge is 0.435 e. The quantitative estimate of drug-likeness (QED) is 0.600. The maximum Gasteiger partial charge on any atom is 0.435 e. The van der Waals surface area contributed by atoms with Gasteiger partial charge in [0.05, 0.1) is 22.1 Å². The topological polar surface area (TPSA) is 46.9 Å². The van der Waals surface area contributed by atoms with Gasteiger partial charge in [-0.15, -0.1) is 11.3 Å². The first-order chi connectivity index (χ1) is 12.2. The van der Waals surface area contributed by atoms with Crippen molar-refractivity contribution in [2.45, 2.75) is 12.7 Å². The van der Waals surface area contributed by atoms with Crippen molar-refractivity contribution >= 4 is 46.1 Å². The monoisotopic (exact) mass is 419 g/mol. The molecule has 0 radical (unpaired) electrons. The highest BCUT2D eigenvalue weighted by atomic mass is 35.5. The summed E-state index contributed by atoms with van der Waals surface area (Å²) in [7, 11) is 0. The van der Waals surface area contributed by atoms with Crippen molar-refractivity contribution in [3.05, 3.63) is 68.1 Å². The van der Waals surface area contributed by atoms with Gasteiger partial charge in [0.25, 0.3) is 5.91 Å². The van der Waals surface area contributed by atoms with Gasteiger partial charge in [0, 0.05) is 11.2 Å². The first-order valence-corrected chi connectivity index (χ1v) is 8.80. The Bertz CT molecular complexity index is 952. The molecule has 2 aromatic heterocycles. The Labute approximate surface area is 160 Å². The Kier molecular flexibility index (Phi) is 5.27. The molecule has 3 aromatic rings. The normalized spacial score (nSPS) is 11.6. The number of rotatable bonds is 4. The molecule has 1 amide bonds. The van der Waals surface area contributed by atoms with E-state index in [1.54, 1.807) is 23.6 Å². The van der Waals surface area contributed by atoms with E-state index < -0.39 is 11.9 Å². The van der Waals surface area contributed by atoms with E-state index in [0.717, 1.165) is 6.07 Å². The van der Waals surface area contributed by atoms with Crippen molar-refractivity contribution in [2.75, 3.05) is 5.32 Å². The Hall–Kier alpha value is -2.03. The number of thiophene rings is 1. The second kappa shape index (κ2) is 7.30. The number of benzene rings is 1. The number of hydrogen-bond donors (Lipinski definition) is 1. The summed E-state index contributed by atoms with van der Waals surface area (Å²) in [5.74, 6) is -0.373. The fourth-order valence-electron chi connectivity index (χ4n) is 2.14. The minimum Gasteiger partial charge on any atom is -0.320 e. The molecule has 0 spiro atoms. The Balaban J connectivity index is 1.69. The summed E-state index contributed by atoms with van der Waals surface area (Å²) >= 11 is 13.0. The first-order valence-electron chi connectivity index (χ1n) is 7.17. The van der Waals surface area contributed by atoms with Gasteiger partial charge in [-0.2, -0.15) is 18.3 Å². The molecule has 1 N–H and O–H groups in total. The minimum atomic E-state index is -4.48. The lowest BCUT2D eigenvalue weighted by Crippen LogP contribution is -2.10. The number of anilines is 1. The number of amides is 1. The van der Waals surface area contributed by atoms with E-state index in [4.69, 9.17) is 23.2 Å². The molecule has 0 unspecified atom stereocenters. The van der Waals surface area contributed by atoms with Gasteiger partial charge in [0.15, 0.2) is 5.69 Å². The highest BCUT2D eigenvalue weighted by molar-refractivity contribution is 7.12. The van der Waals surface area contributed by atoms with Gasteiger partial charge in [-0.3, -0.25) is 9.48 Å². The molecule has 26 heavy (non-hydrogen) atoms. The number of hydrogen-bond acceptors (Lipinski definition) is 3. The van der Waals surface area contributed by atoms with Crippen LogP contribution in [0.25, 0.3) is 0 Å². The lowest BCUT2D eigenvalue weighted by Gasteiger charge is -2.06. The van der Waals surface area contributed by atoms with E-state index in [1.807, 2.05) is 0 Å². The van der Waals surface area contributed by atoms with Gasteiger partial charge in [-0.25, -0.2) is 0 Å². The number of alkyl halides is 3. The predicted octanol–water partition coefficient (Wildman–Crippen LogP) is 5.57. The van der Waals surface area contributed by atoms with Gasteiger partial charge in [0.1, 0.15) is 0 Å². The zero-order chi connectivity index (χ0) is 18.9. The first kappa shape index (κ1) is 18.8. The maximum absolute atomic E-state index is 12.6. The molecule has 0 atom stereocenters. The molecule has 0 aliphatic heterocycles. The van der Waals surface area contributed by atoms with Gasteiger partial charge >= 0.3 is 6.18 Å². The van der Waals surface area contributed by atoms with Crippen LogP contribution in [0.2, 0.25) is 10.0 Å². The van der Waals surface area contributed by atoms with Crippen LogP contribution in [0.1, 0.15) is 20.9 Å². The molecule has 0 aliphatic rings. The molecule has 4 nitrogen and oxygen atoms in total. The second-order valence-corrected chi connectivity index (χ2v) is 7.05. The molecule has 0 saturated heterocycles. The number of carbonyl (C=O) groups is 1. The van der Waals surface area contributed by atoms with Crippen molar-refractivity contribution in [3.8, 4) is 0 Å². The van der Waals surface area contributed by atoms with E-state index in [2.05, 4.69) is 10.4 Å². The third kappa shape index (κ3) is 4.38. The third-order valence-corrected chi connectivity index (χ3v) is 4.86. The Morgan fingerprint density at radius 1 is 1.23 bits per heavy atom. The van der Waals surface area contributed by atoms with Crippen LogP contribution in [-0.4, -0.2) is 15.7 Å². The van der Waals surface area contributed by atoms with Crippen LogP contribution >= 0.6 is 34.5 Å². The van der Waals surface area contributed by atoms with Gasteiger partial charge in [0.2, 0.25) is 0 Å². The number of nitrogens with zero attached hydrogens (tertiary/aromatic N) is 2. The molecular weight excluding hydrogens is 410 g/mol. The van der Waals surface area contributed by atoms with Crippen LogP contribution in [0.15, 0.2) is 41.9 Å². The summed E-state index contributed by atoms with van der Waals surface area (Å²) in [4.78, 5) is 12.7. The fraction of sp³-hybridized carbons (Fsp3) is 0.125. The van der Waals surface area contributed by atoms with Crippen LogP contribution < -0.4 is 5.32 Å². The van der Waals surface area contributed by atoms with Gasteiger partial charge in [-0.1, -0.05) is 23.2 Å². The van der Waals surface area contributed by atoms with Gasteiger partial charge in [-0.05, 0) is 41.3 Å². The van der Waals surface area contributed by atoms with Crippen molar-refractivity contribution in [1.82, 2.24) is 9.78 Å². The Morgan fingerprint density at radius 2 is 2.00 bits per heavy atom. The molecule has 10 heteroatoms. The third-order valence-electron chi connectivity index (χ3n) is 3.33. The number of halogens is 5. The summed E-state index contributed by atoms with van der Waals surface area (Å²) in [6.07, 6.45) is -3.24. The average molecular weight is 420 g/mol.